The van der Waals surface area contributed by atoms with Crippen LogP contribution in [0.1, 0.15) is 13.3 Å². The molecule has 0 bridgehead atoms. The zero-order valence-corrected chi connectivity index (χ0v) is 8.02. The number of hydrogen-bond acceptors (Lipinski definition) is 5. The van der Waals surface area contributed by atoms with Gasteiger partial charge in [-0.05, 0) is 6.92 Å². The van der Waals surface area contributed by atoms with Crippen molar-refractivity contribution in [3.63, 3.8) is 0 Å². The highest BCUT2D eigenvalue weighted by Crippen LogP contribution is 1.97. The Morgan fingerprint density at radius 2 is 2.21 bits per heavy atom. The Bertz CT molecular complexity index is 247. The summed E-state index contributed by atoms with van der Waals surface area (Å²) in [5, 5.41) is 8.28. The van der Waals surface area contributed by atoms with Gasteiger partial charge in [0.15, 0.2) is 0 Å². The summed E-state index contributed by atoms with van der Waals surface area (Å²) in [6.45, 7) is 2.03. The summed E-state index contributed by atoms with van der Waals surface area (Å²) in [6.07, 6.45) is -1.10. The molecule has 0 aromatic carbocycles. The molecule has 0 spiro atoms. The number of amides is 2. The number of carbonyl (C=O) groups excluding carboxylic acids is 2. The van der Waals surface area contributed by atoms with Gasteiger partial charge in [0.25, 0.3) is 0 Å². The van der Waals surface area contributed by atoms with Crippen LogP contribution in [0.5, 0.6) is 0 Å². The molecule has 0 radical (unpaired) electrons. The van der Waals surface area contributed by atoms with E-state index in [1.807, 2.05) is 0 Å². The summed E-state index contributed by atoms with van der Waals surface area (Å²) < 4.78 is 4.63. The van der Waals surface area contributed by atoms with E-state index in [0.717, 1.165) is 4.90 Å². The highest BCUT2D eigenvalue weighted by molar-refractivity contribution is 5.92. The van der Waals surface area contributed by atoms with Crippen molar-refractivity contribution in [3.05, 3.63) is 0 Å². The van der Waals surface area contributed by atoms with E-state index in [9.17, 15) is 9.59 Å². The molecular formula is C8H13N3O3. The van der Waals surface area contributed by atoms with Crippen molar-refractivity contribution in [1.82, 2.24) is 4.90 Å². The van der Waals surface area contributed by atoms with Crippen LogP contribution < -0.4 is 5.73 Å². The zero-order chi connectivity index (χ0) is 11.0. The second-order valence-electron chi connectivity index (χ2n) is 2.37. The van der Waals surface area contributed by atoms with Gasteiger partial charge in [-0.3, -0.25) is 4.79 Å². The van der Waals surface area contributed by atoms with Crippen molar-refractivity contribution < 1.29 is 14.3 Å². The summed E-state index contributed by atoms with van der Waals surface area (Å²) in [5.41, 5.74) is 5.21. The number of nitrogens with zero attached hydrogens (tertiary/aromatic N) is 2. The van der Waals surface area contributed by atoms with Crippen LogP contribution in [-0.2, 0) is 9.53 Å². The molecule has 0 fully saturated rings. The second-order valence-corrected chi connectivity index (χ2v) is 2.37. The molecule has 0 aliphatic rings. The molecule has 14 heavy (non-hydrogen) atoms. The largest absolute Gasteiger partial charge is 0.449 e. The quantitative estimate of drug-likeness (QED) is 0.678. The number of nitrogens with two attached hydrogens (primary N) is 1. The summed E-state index contributed by atoms with van der Waals surface area (Å²) >= 11 is 0. The van der Waals surface area contributed by atoms with Gasteiger partial charge < -0.3 is 10.5 Å². The maximum atomic E-state index is 11.2. The van der Waals surface area contributed by atoms with Crippen molar-refractivity contribution >= 4 is 12.0 Å². The fraction of sp³-hybridized carbons (Fsp3) is 0.625. The molecule has 0 aliphatic carbocycles. The smallest absolute Gasteiger partial charge is 0.416 e. The number of carbonyl (C=O) groups is 2. The second kappa shape index (κ2) is 6.86. The molecule has 78 valence electrons. The highest BCUT2D eigenvalue weighted by atomic mass is 16.6. The van der Waals surface area contributed by atoms with Crippen LogP contribution in [0.15, 0.2) is 0 Å². The number of imide groups is 1. The Balaban J connectivity index is 4.35. The molecule has 2 N–H and O–H groups in total. The fourth-order valence-electron chi connectivity index (χ4n) is 0.811. The molecule has 6 nitrogen and oxygen atoms in total. The zero-order valence-electron chi connectivity index (χ0n) is 8.02. The third-order valence-corrected chi connectivity index (χ3v) is 1.37. The molecule has 0 saturated heterocycles. The summed E-state index contributed by atoms with van der Waals surface area (Å²) in [4.78, 5) is 23.2. The molecule has 0 atom stereocenters. The molecule has 6 heteroatoms. The third-order valence-electron chi connectivity index (χ3n) is 1.37. The molecular weight excluding hydrogens is 186 g/mol. The predicted octanol–water partition coefficient (Wildman–Crippen LogP) is -0.156. The van der Waals surface area contributed by atoms with Crippen molar-refractivity contribution in [3.8, 4) is 6.07 Å². The maximum absolute atomic E-state index is 11.2. The minimum atomic E-state index is -0.752. The first-order valence-corrected chi connectivity index (χ1v) is 4.21. The normalized spacial score (nSPS) is 8.93. The Morgan fingerprint density at radius 1 is 1.57 bits per heavy atom. The number of hydrogen-bond donors (Lipinski definition) is 1. The third kappa shape index (κ3) is 3.87. The topological polar surface area (TPSA) is 96.4 Å². The van der Waals surface area contributed by atoms with Crippen LogP contribution in [0.4, 0.5) is 4.79 Å². The van der Waals surface area contributed by atoms with Crippen LogP contribution in [0.25, 0.3) is 0 Å². The van der Waals surface area contributed by atoms with Crippen molar-refractivity contribution in [2.24, 2.45) is 5.73 Å². The van der Waals surface area contributed by atoms with Crippen molar-refractivity contribution in [2.45, 2.75) is 13.3 Å². The number of nitriles is 1. The van der Waals surface area contributed by atoms with Gasteiger partial charge in [-0.1, -0.05) is 0 Å². The molecule has 0 aromatic heterocycles. The lowest BCUT2D eigenvalue weighted by Crippen LogP contribution is -2.40. The van der Waals surface area contributed by atoms with Gasteiger partial charge in [0.05, 0.1) is 12.7 Å². The first-order valence-electron chi connectivity index (χ1n) is 4.21. The standard InChI is InChI=1S/C8H13N3O3/c1-2-14-8(13)11(6-5-10)7(12)3-4-9/h2-3,5-6,10H2,1H3. The Hall–Kier alpha value is -1.61. The molecule has 2 amide bonds. The van der Waals surface area contributed by atoms with Crippen LogP contribution in [0, 0.1) is 11.3 Å². The Kier molecular flexibility index (Phi) is 6.07. The molecule has 0 unspecified atom stereocenters. The minimum absolute atomic E-state index is 0.0688. The number of rotatable bonds is 4. The van der Waals surface area contributed by atoms with Gasteiger partial charge in [-0.25, -0.2) is 9.69 Å². The fourth-order valence-corrected chi connectivity index (χ4v) is 0.811. The van der Waals surface area contributed by atoms with Gasteiger partial charge in [0, 0.05) is 13.1 Å². The molecule has 0 aliphatic heterocycles. The average Bonchev–Trinajstić information content (AvgIpc) is 2.14. The van der Waals surface area contributed by atoms with E-state index in [-0.39, 0.29) is 26.1 Å². The molecule has 0 saturated carbocycles. The highest BCUT2D eigenvalue weighted by Gasteiger charge is 2.20. The van der Waals surface area contributed by atoms with Crippen LogP contribution in [0.3, 0.4) is 0 Å². The summed E-state index contributed by atoms with van der Waals surface area (Å²) in [6, 6.07) is 1.66. The summed E-state index contributed by atoms with van der Waals surface area (Å²) in [7, 11) is 0. The van der Waals surface area contributed by atoms with Gasteiger partial charge in [0.2, 0.25) is 5.91 Å². The minimum Gasteiger partial charge on any atom is -0.449 e. The van der Waals surface area contributed by atoms with E-state index in [1.54, 1.807) is 13.0 Å². The molecule has 0 aromatic rings. The van der Waals surface area contributed by atoms with Gasteiger partial charge in [-0.2, -0.15) is 5.26 Å². The predicted molar refractivity (Wildman–Crippen MR) is 48.0 cm³/mol. The van der Waals surface area contributed by atoms with Crippen molar-refractivity contribution in [2.75, 3.05) is 19.7 Å². The van der Waals surface area contributed by atoms with Gasteiger partial charge >= 0.3 is 6.09 Å². The van der Waals surface area contributed by atoms with Crippen LogP contribution in [0.2, 0.25) is 0 Å². The Morgan fingerprint density at radius 3 is 2.64 bits per heavy atom. The van der Waals surface area contributed by atoms with Crippen molar-refractivity contribution in [1.29, 1.82) is 5.26 Å². The van der Waals surface area contributed by atoms with E-state index in [0.29, 0.717) is 0 Å². The monoisotopic (exact) mass is 199 g/mol. The van der Waals surface area contributed by atoms with Crippen LogP contribution in [-0.4, -0.2) is 36.6 Å². The SMILES string of the molecule is CCOC(=O)N(CCN)C(=O)CC#N. The first-order chi connectivity index (χ1) is 6.67. The van der Waals surface area contributed by atoms with E-state index in [2.05, 4.69) is 4.74 Å². The van der Waals surface area contributed by atoms with E-state index in [4.69, 9.17) is 11.0 Å². The van der Waals surface area contributed by atoms with Gasteiger partial charge in [0.1, 0.15) is 6.42 Å². The van der Waals surface area contributed by atoms with E-state index in [1.165, 1.54) is 0 Å². The maximum Gasteiger partial charge on any atom is 0.416 e. The average molecular weight is 199 g/mol. The van der Waals surface area contributed by atoms with E-state index < -0.39 is 12.0 Å². The summed E-state index contributed by atoms with van der Waals surface area (Å²) in [5.74, 6) is -0.587. The number of ether oxygens (including phenoxy) is 1. The molecule has 0 rings (SSSR count). The first kappa shape index (κ1) is 12.4. The van der Waals surface area contributed by atoms with Gasteiger partial charge in [-0.15, -0.1) is 0 Å². The van der Waals surface area contributed by atoms with E-state index >= 15 is 0 Å². The lowest BCUT2D eigenvalue weighted by molar-refractivity contribution is -0.128. The lowest BCUT2D eigenvalue weighted by Gasteiger charge is -2.17. The van der Waals surface area contributed by atoms with Crippen LogP contribution >= 0.6 is 0 Å². The molecule has 0 heterocycles. The Labute approximate surface area is 82.2 Å². The lowest BCUT2D eigenvalue weighted by atomic mass is 10.4.